The minimum atomic E-state index is -3.63. The van der Waals surface area contributed by atoms with Crippen LogP contribution in [0.4, 0.5) is 8.78 Å². The number of nitrogens with one attached hydrogen (secondary N) is 1. The van der Waals surface area contributed by atoms with E-state index < -0.39 is 18.3 Å². The summed E-state index contributed by atoms with van der Waals surface area (Å²) in [6, 6.07) is 3.31. The van der Waals surface area contributed by atoms with Gasteiger partial charge in [-0.2, -0.15) is 8.78 Å². The van der Waals surface area contributed by atoms with Crippen LogP contribution in [0, 0.1) is 0 Å². The molecule has 1 aromatic heterocycles. The number of hydrogen-bond acceptors (Lipinski definition) is 1. The Labute approximate surface area is 73.4 Å². The van der Waals surface area contributed by atoms with Crippen LogP contribution < -0.4 is 0 Å². The Morgan fingerprint density at radius 1 is 1.62 bits per heavy atom. The summed E-state index contributed by atoms with van der Waals surface area (Å²) in [7, 11) is 0. The van der Waals surface area contributed by atoms with E-state index in [1.54, 1.807) is 18.3 Å². The van der Waals surface area contributed by atoms with Gasteiger partial charge in [0, 0.05) is 18.3 Å². The quantitative estimate of drug-likeness (QED) is 0.756. The Hall–Kier alpha value is -1.39. The lowest BCUT2D eigenvalue weighted by Crippen LogP contribution is -2.28. The van der Waals surface area contributed by atoms with E-state index in [0.29, 0.717) is 5.69 Å². The van der Waals surface area contributed by atoms with E-state index in [-0.39, 0.29) is 6.42 Å². The zero-order valence-corrected chi connectivity index (χ0v) is 6.76. The first-order chi connectivity index (χ1) is 6.02. The number of aryl methyl sites for hydroxylation is 1. The molecule has 0 aromatic carbocycles. The molecule has 3 nitrogen and oxygen atoms in total. The number of carbonyl (C=O) groups is 1. The Balaban J connectivity index is 2.47. The van der Waals surface area contributed by atoms with Crippen LogP contribution >= 0.6 is 0 Å². The summed E-state index contributed by atoms with van der Waals surface area (Å²) < 4.78 is 25.0. The first kappa shape index (κ1) is 9.70. The predicted octanol–water partition coefficient (Wildman–Crippen LogP) is 1.67. The zero-order chi connectivity index (χ0) is 9.90. The normalized spacial score (nSPS) is 11.5. The van der Waals surface area contributed by atoms with Crippen LogP contribution in [-0.4, -0.2) is 22.0 Å². The van der Waals surface area contributed by atoms with Crippen molar-refractivity contribution < 1.29 is 18.7 Å². The third kappa shape index (κ3) is 2.54. The second kappa shape index (κ2) is 3.55. The van der Waals surface area contributed by atoms with Crippen LogP contribution in [0.3, 0.4) is 0 Å². The molecule has 0 spiro atoms. The number of H-pyrrole nitrogens is 1. The molecule has 5 heteroatoms. The monoisotopic (exact) mass is 189 g/mol. The van der Waals surface area contributed by atoms with Gasteiger partial charge in [-0.05, 0) is 18.6 Å². The smallest absolute Gasteiger partial charge is 0.374 e. The molecule has 72 valence electrons. The van der Waals surface area contributed by atoms with E-state index in [1.807, 2.05) is 0 Å². The largest absolute Gasteiger partial charge is 0.477 e. The molecule has 0 amide bonds. The number of alkyl halides is 2. The summed E-state index contributed by atoms with van der Waals surface area (Å²) in [5.41, 5.74) is 0.612. The molecule has 13 heavy (non-hydrogen) atoms. The predicted molar refractivity (Wildman–Crippen MR) is 41.7 cm³/mol. The van der Waals surface area contributed by atoms with Crippen LogP contribution in [-0.2, 0) is 11.2 Å². The van der Waals surface area contributed by atoms with Gasteiger partial charge in [-0.25, -0.2) is 4.79 Å². The highest BCUT2D eigenvalue weighted by Gasteiger charge is 2.37. The van der Waals surface area contributed by atoms with Gasteiger partial charge in [0.05, 0.1) is 0 Å². The molecule has 0 bridgehead atoms. The highest BCUT2D eigenvalue weighted by atomic mass is 19.3. The van der Waals surface area contributed by atoms with Crippen molar-refractivity contribution in [2.45, 2.75) is 18.8 Å². The van der Waals surface area contributed by atoms with E-state index in [4.69, 9.17) is 5.11 Å². The molecule has 0 saturated heterocycles. The number of carboxylic acids is 1. The molecule has 0 fully saturated rings. The molecule has 0 aliphatic heterocycles. The van der Waals surface area contributed by atoms with Gasteiger partial charge in [-0.3, -0.25) is 0 Å². The maximum atomic E-state index is 12.5. The molecule has 0 atom stereocenters. The van der Waals surface area contributed by atoms with Gasteiger partial charge < -0.3 is 10.1 Å². The van der Waals surface area contributed by atoms with Gasteiger partial charge in [-0.1, -0.05) is 0 Å². The molecular weight excluding hydrogens is 180 g/mol. The van der Waals surface area contributed by atoms with Gasteiger partial charge in [0.2, 0.25) is 0 Å². The molecule has 0 aliphatic carbocycles. The molecule has 2 N–H and O–H groups in total. The highest BCUT2D eigenvalue weighted by Crippen LogP contribution is 2.20. The molecule has 0 radical (unpaired) electrons. The van der Waals surface area contributed by atoms with Crippen molar-refractivity contribution in [2.24, 2.45) is 0 Å². The van der Waals surface area contributed by atoms with Crippen LogP contribution in [0.1, 0.15) is 12.1 Å². The van der Waals surface area contributed by atoms with E-state index in [0.717, 1.165) is 0 Å². The molecule has 1 heterocycles. The third-order valence-corrected chi connectivity index (χ3v) is 1.68. The summed E-state index contributed by atoms with van der Waals surface area (Å²) in [6.45, 7) is 0. The fraction of sp³-hybridized carbons (Fsp3) is 0.375. The summed E-state index contributed by atoms with van der Waals surface area (Å²) in [5.74, 6) is -5.70. The second-order valence-electron chi connectivity index (χ2n) is 2.70. The average Bonchev–Trinajstić information content (AvgIpc) is 2.52. The van der Waals surface area contributed by atoms with Crippen molar-refractivity contribution in [3.05, 3.63) is 24.0 Å². The molecule has 1 aromatic rings. The standard InChI is InChI=1S/C8H9F2NO2/c9-8(10,7(12)13)4-3-6-2-1-5-11-6/h1-2,5,11H,3-4H2,(H,12,13). The fourth-order valence-electron chi connectivity index (χ4n) is 0.922. The van der Waals surface area contributed by atoms with Crippen LogP contribution in [0.5, 0.6) is 0 Å². The number of aliphatic carboxylic acids is 1. The zero-order valence-electron chi connectivity index (χ0n) is 6.76. The fourth-order valence-corrected chi connectivity index (χ4v) is 0.922. The first-order valence-corrected chi connectivity index (χ1v) is 3.76. The molecule has 1 rings (SSSR count). The Morgan fingerprint density at radius 2 is 2.31 bits per heavy atom. The van der Waals surface area contributed by atoms with E-state index >= 15 is 0 Å². The number of aromatic amines is 1. The minimum absolute atomic E-state index is 0.0340. The lowest BCUT2D eigenvalue weighted by molar-refractivity contribution is -0.165. The first-order valence-electron chi connectivity index (χ1n) is 3.76. The average molecular weight is 189 g/mol. The molecule has 0 saturated carbocycles. The summed E-state index contributed by atoms with van der Waals surface area (Å²) in [5, 5.41) is 8.11. The number of aromatic nitrogens is 1. The van der Waals surface area contributed by atoms with Gasteiger partial charge >= 0.3 is 11.9 Å². The van der Waals surface area contributed by atoms with Crippen molar-refractivity contribution in [3.63, 3.8) is 0 Å². The van der Waals surface area contributed by atoms with E-state index in [2.05, 4.69) is 4.98 Å². The van der Waals surface area contributed by atoms with Crippen molar-refractivity contribution in [3.8, 4) is 0 Å². The summed E-state index contributed by atoms with van der Waals surface area (Å²) in [4.78, 5) is 12.7. The SMILES string of the molecule is O=C(O)C(F)(F)CCc1ccc[nH]1. The van der Waals surface area contributed by atoms with E-state index in [9.17, 15) is 13.6 Å². The Kier molecular flexibility index (Phi) is 2.65. The Morgan fingerprint density at radius 3 is 2.77 bits per heavy atom. The molecule has 0 unspecified atom stereocenters. The lowest BCUT2D eigenvalue weighted by atomic mass is 10.1. The molecule has 0 aliphatic rings. The van der Waals surface area contributed by atoms with Crippen LogP contribution in [0.25, 0.3) is 0 Å². The lowest BCUT2D eigenvalue weighted by Gasteiger charge is -2.09. The van der Waals surface area contributed by atoms with Crippen molar-refractivity contribution in [1.29, 1.82) is 0 Å². The van der Waals surface area contributed by atoms with Gasteiger partial charge in [0.25, 0.3) is 0 Å². The highest BCUT2D eigenvalue weighted by molar-refractivity contribution is 5.75. The number of halogens is 2. The summed E-state index contributed by atoms with van der Waals surface area (Å²) >= 11 is 0. The van der Waals surface area contributed by atoms with Crippen molar-refractivity contribution >= 4 is 5.97 Å². The van der Waals surface area contributed by atoms with Crippen LogP contribution in [0.15, 0.2) is 18.3 Å². The maximum Gasteiger partial charge on any atom is 0.374 e. The van der Waals surface area contributed by atoms with Crippen molar-refractivity contribution in [2.75, 3.05) is 0 Å². The van der Waals surface area contributed by atoms with Gasteiger partial charge in [0.15, 0.2) is 0 Å². The van der Waals surface area contributed by atoms with Gasteiger partial charge in [-0.15, -0.1) is 0 Å². The van der Waals surface area contributed by atoms with Crippen LogP contribution in [0.2, 0.25) is 0 Å². The minimum Gasteiger partial charge on any atom is -0.477 e. The topological polar surface area (TPSA) is 53.1 Å². The van der Waals surface area contributed by atoms with Crippen molar-refractivity contribution in [1.82, 2.24) is 4.98 Å². The molecular formula is C8H9F2NO2. The van der Waals surface area contributed by atoms with E-state index in [1.165, 1.54) is 0 Å². The number of hydrogen-bond donors (Lipinski definition) is 2. The number of carboxylic acid groups (broad SMARTS) is 1. The maximum absolute atomic E-state index is 12.5. The van der Waals surface area contributed by atoms with Gasteiger partial charge in [0.1, 0.15) is 0 Å². The summed E-state index contributed by atoms with van der Waals surface area (Å²) in [6.07, 6.45) is 0.962. The second-order valence-corrected chi connectivity index (χ2v) is 2.70. The Bertz CT molecular complexity index is 282. The number of rotatable bonds is 4. The third-order valence-electron chi connectivity index (χ3n) is 1.68.